The van der Waals surface area contributed by atoms with Gasteiger partial charge in [0.15, 0.2) is 11.4 Å². The molecule has 2 heterocycles. The zero-order chi connectivity index (χ0) is 14.0. The molecule has 0 N–H and O–H groups in total. The number of nitrogens with zero attached hydrogens (tertiary/aromatic N) is 4. The third-order valence-electron chi connectivity index (χ3n) is 2.07. The Labute approximate surface area is 104 Å². The van der Waals surface area contributed by atoms with E-state index >= 15 is 0 Å². The average molecular weight is 274 g/mol. The summed E-state index contributed by atoms with van der Waals surface area (Å²) in [6.07, 6.45) is -2.30. The van der Waals surface area contributed by atoms with Crippen molar-refractivity contribution in [2.24, 2.45) is 0 Å². The fraction of sp³-hybridized carbons (Fsp3) is 0.200. The summed E-state index contributed by atoms with van der Waals surface area (Å²) in [5.74, 6) is -3.14. The van der Waals surface area contributed by atoms with E-state index in [1.807, 2.05) is 0 Å². The van der Waals surface area contributed by atoms with Gasteiger partial charge in [0.25, 0.3) is 0 Å². The van der Waals surface area contributed by atoms with Gasteiger partial charge in [-0.25, -0.2) is 9.97 Å². The molecule has 2 aromatic heterocycles. The first-order valence-corrected chi connectivity index (χ1v) is 4.89. The summed E-state index contributed by atoms with van der Waals surface area (Å²) in [7, 11) is 0.951. The van der Waals surface area contributed by atoms with Crippen LogP contribution < -0.4 is 4.74 Å². The van der Waals surface area contributed by atoms with Crippen LogP contribution in [-0.4, -0.2) is 27.0 Å². The van der Waals surface area contributed by atoms with E-state index in [1.54, 1.807) is 0 Å². The number of halogens is 4. The highest BCUT2D eigenvalue weighted by atomic mass is 19.4. The molecule has 0 atom stereocenters. The number of aromatic nitrogens is 4. The van der Waals surface area contributed by atoms with Crippen molar-refractivity contribution in [1.29, 1.82) is 0 Å². The maximum absolute atomic E-state index is 13.5. The minimum absolute atomic E-state index is 0.103. The molecule has 9 heteroatoms. The lowest BCUT2D eigenvalue weighted by molar-refractivity contribution is -0.142. The van der Waals surface area contributed by atoms with E-state index in [0.717, 1.165) is 7.11 Å². The van der Waals surface area contributed by atoms with Crippen LogP contribution in [0.3, 0.4) is 0 Å². The first-order chi connectivity index (χ1) is 8.93. The fourth-order valence-electron chi connectivity index (χ4n) is 1.31. The van der Waals surface area contributed by atoms with E-state index < -0.39 is 23.6 Å². The first-order valence-electron chi connectivity index (χ1n) is 4.89. The average Bonchev–Trinajstić information content (AvgIpc) is 2.37. The number of alkyl halides is 3. The van der Waals surface area contributed by atoms with Crippen LogP contribution in [0.25, 0.3) is 11.6 Å². The molecule has 0 saturated carbocycles. The molecule has 0 radical (unpaired) electrons. The number of hydrogen-bond acceptors (Lipinski definition) is 5. The predicted octanol–water partition coefficient (Wildman–Crippen LogP) is 2.10. The third kappa shape index (κ3) is 2.59. The topological polar surface area (TPSA) is 60.8 Å². The third-order valence-corrected chi connectivity index (χ3v) is 2.07. The molecule has 0 aromatic carbocycles. The van der Waals surface area contributed by atoms with Gasteiger partial charge in [0.1, 0.15) is 0 Å². The summed E-state index contributed by atoms with van der Waals surface area (Å²) in [5.41, 5.74) is -1.66. The molecular weight excluding hydrogens is 268 g/mol. The molecule has 19 heavy (non-hydrogen) atoms. The molecule has 5 nitrogen and oxygen atoms in total. The monoisotopic (exact) mass is 274 g/mol. The standard InChI is InChI=1S/C10H6F4N4O/c1-19-9-5(10(12,13)14)6(11)17-8(18-9)7-15-3-2-4-16-7/h2-4H,1H3. The molecule has 100 valence electrons. The Hall–Kier alpha value is -2.32. The second-order valence-corrected chi connectivity index (χ2v) is 3.29. The van der Waals surface area contributed by atoms with E-state index in [-0.39, 0.29) is 11.6 Å². The molecule has 0 fully saturated rings. The predicted molar refractivity (Wildman–Crippen MR) is 54.6 cm³/mol. The number of rotatable bonds is 2. The number of hydrogen-bond donors (Lipinski definition) is 0. The molecule has 0 amide bonds. The van der Waals surface area contributed by atoms with Gasteiger partial charge in [0, 0.05) is 12.4 Å². The van der Waals surface area contributed by atoms with Gasteiger partial charge in [-0.3, -0.25) is 0 Å². The first kappa shape index (κ1) is 13.1. The Kier molecular flexibility index (Phi) is 3.28. The minimum atomic E-state index is -4.95. The summed E-state index contributed by atoms with van der Waals surface area (Å²) in [5, 5.41) is 0. The highest BCUT2D eigenvalue weighted by molar-refractivity contribution is 5.45. The molecule has 2 rings (SSSR count). The number of methoxy groups -OCH3 is 1. The molecule has 0 aliphatic carbocycles. The van der Waals surface area contributed by atoms with Crippen LogP contribution in [0, 0.1) is 5.95 Å². The van der Waals surface area contributed by atoms with Crippen LogP contribution >= 0.6 is 0 Å². The van der Waals surface area contributed by atoms with Crippen molar-refractivity contribution >= 4 is 0 Å². The van der Waals surface area contributed by atoms with Crippen molar-refractivity contribution in [1.82, 2.24) is 19.9 Å². The lowest BCUT2D eigenvalue weighted by Crippen LogP contribution is -2.14. The summed E-state index contributed by atoms with van der Waals surface area (Å²) in [6.45, 7) is 0. The van der Waals surface area contributed by atoms with Crippen LogP contribution in [-0.2, 0) is 6.18 Å². The lowest BCUT2D eigenvalue weighted by atomic mass is 10.3. The Morgan fingerprint density at radius 1 is 1.05 bits per heavy atom. The van der Waals surface area contributed by atoms with Crippen LogP contribution in [0.5, 0.6) is 5.88 Å². The largest absolute Gasteiger partial charge is 0.480 e. The van der Waals surface area contributed by atoms with Crippen molar-refractivity contribution in [2.75, 3.05) is 7.11 Å². The molecular formula is C10H6F4N4O. The van der Waals surface area contributed by atoms with Crippen molar-refractivity contribution in [3.05, 3.63) is 30.0 Å². The van der Waals surface area contributed by atoms with E-state index in [2.05, 4.69) is 24.7 Å². The summed E-state index contributed by atoms with van der Waals surface area (Å²) in [6, 6.07) is 1.49. The summed E-state index contributed by atoms with van der Waals surface area (Å²) < 4.78 is 55.7. The lowest BCUT2D eigenvalue weighted by Gasteiger charge is -2.11. The highest BCUT2D eigenvalue weighted by Crippen LogP contribution is 2.36. The maximum Gasteiger partial charge on any atom is 0.426 e. The number of ether oxygens (including phenoxy) is 1. The zero-order valence-electron chi connectivity index (χ0n) is 9.44. The van der Waals surface area contributed by atoms with Gasteiger partial charge < -0.3 is 4.74 Å². The van der Waals surface area contributed by atoms with Crippen LogP contribution in [0.1, 0.15) is 5.56 Å². The molecule has 0 bridgehead atoms. The van der Waals surface area contributed by atoms with Crippen molar-refractivity contribution < 1.29 is 22.3 Å². The highest BCUT2D eigenvalue weighted by Gasteiger charge is 2.40. The van der Waals surface area contributed by atoms with Crippen molar-refractivity contribution in [3.8, 4) is 17.5 Å². The van der Waals surface area contributed by atoms with Gasteiger partial charge in [0.2, 0.25) is 17.7 Å². The quantitative estimate of drug-likeness (QED) is 0.620. The zero-order valence-corrected chi connectivity index (χ0v) is 9.44. The van der Waals surface area contributed by atoms with Crippen LogP contribution in [0.15, 0.2) is 18.5 Å². The van der Waals surface area contributed by atoms with Gasteiger partial charge in [0.05, 0.1) is 7.11 Å². The molecule has 0 unspecified atom stereocenters. The van der Waals surface area contributed by atoms with E-state index in [0.29, 0.717) is 0 Å². The summed E-state index contributed by atoms with van der Waals surface area (Å²) in [4.78, 5) is 14.0. The second-order valence-electron chi connectivity index (χ2n) is 3.29. The van der Waals surface area contributed by atoms with Gasteiger partial charge in [-0.2, -0.15) is 27.5 Å². The van der Waals surface area contributed by atoms with Crippen LogP contribution in [0.2, 0.25) is 0 Å². The molecule has 0 spiro atoms. The van der Waals surface area contributed by atoms with E-state index in [4.69, 9.17) is 0 Å². The minimum Gasteiger partial charge on any atom is -0.480 e. The van der Waals surface area contributed by atoms with Gasteiger partial charge in [-0.1, -0.05) is 0 Å². The molecule has 0 saturated heterocycles. The maximum atomic E-state index is 13.5. The second kappa shape index (κ2) is 4.75. The van der Waals surface area contributed by atoms with Gasteiger partial charge in [-0.05, 0) is 6.07 Å². The fourth-order valence-corrected chi connectivity index (χ4v) is 1.31. The smallest absolute Gasteiger partial charge is 0.426 e. The van der Waals surface area contributed by atoms with Gasteiger partial charge in [-0.15, -0.1) is 0 Å². The Morgan fingerprint density at radius 3 is 2.21 bits per heavy atom. The Morgan fingerprint density at radius 2 is 1.68 bits per heavy atom. The van der Waals surface area contributed by atoms with Crippen molar-refractivity contribution in [2.45, 2.75) is 6.18 Å². The molecule has 2 aromatic rings. The Balaban J connectivity index is 2.61. The SMILES string of the molecule is COc1nc(-c2ncccn2)nc(F)c1C(F)(F)F. The van der Waals surface area contributed by atoms with E-state index in [9.17, 15) is 17.6 Å². The van der Waals surface area contributed by atoms with Crippen LogP contribution in [0.4, 0.5) is 17.6 Å². The van der Waals surface area contributed by atoms with Crippen molar-refractivity contribution in [3.63, 3.8) is 0 Å². The molecule has 0 aliphatic rings. The molecule has 0 aliphatic heterocycles. The normalized spacial score (nSPS) is 11.4. The summed E-state index contributed by atoms with van der Waals surface area (Å²) >= 11 is 0. The van der Waals surface area contributed by atoms with Gasteiger partial charge >= 0.3 is 6.18 Å². The Bertz CT molecular complexity index is 588. The van der Waals surface area contributed by atoms with E-state index in [1.165, 1.54) is 18.5 Å².